The highest BCUT2D eigenvalue weighted by Crippen LogP contribution is 2.34. The van der Waals surface area contributed by atoms with Crippen LogP contribution in [0.3, 0.4) is 0 Å². The quantitative estimate of drug-likeness (QED) is 0.475. The Hall–Kier alpha value is -2.75. The number of nitrogens with one attached hydrogen (secondary N) is 3. The molecule has 10 heteroatoms. The van der Waals surface area contributed by atoms with Gasteiger partial charge in [0.2, 0.25) is 5.91 Å². The standard InChI is InChI=1S/C23H32N6O3S/c1-15(21(30)26-22(31)25-16-11-12-16)33-23-28-27-20(29(23)18-8-4-3-5-9-18)14-24-17-7-6-10-19(13-17)32-2/h6-7,10,13,15-16,18,24H,3-5,8-9,11-12,14H2,1-2H3,(H2,25,26,30,31). The fraction of sp³-hybridized carbons (Fsp3) is 0.565. The Bertz CT molecular complexity index is 971. The Morgan fingerprint density at radius 1 is 1.18 bits per heavy atom. The van der Waals surface area contributed by atoms with E-state index in [0.29, 0.717) is 12.6 Å². The predicted molar refractivity (Wildman–Crippen MR) is 127 cm³/mol. The highest BCUT2D eigenvalue weighted by Gasteiger charge is 2.28. The predicted octanol–water partition coefficient (Wildman–Crippen LogP) is 3.87. The third-order valence-corrected chi connectivity index (χ3v) is 7.05. The van der Waals surface area contributed by atoms with Gasteiger partial charge in [0, 0.05) is 23.8 Å². The third-order valence-electron chi connectivity index (χ3n) is 6.00. The second-order valence-corrected chi connectivity index (χ2v) is 9.95. The average molecular weight is 473 g/mol. The van der Waals surface area contributed by atoms with Gasteiger partial charge in [-0.1, -0.05) is 37.1 Å². The van der Waals surface area contributed by atoms with Gasteiger partial charge in [-0.15, -0.1) is 10.2 Å². The zero-order chi connectivity index (χ0) is 23.2. The van der Waals surface area contributed by atoms with Crippen molar-refractivity contribution < 1.29 is 14.3 Å². The Balaban J connectivity index is 1.45. The summed E-state index contributed by atoms with van der Waals surface area (Å²) >= 11 is 1.35. The number of hydrogen-bond acceptors (Lipinski definition) is 7. The van der Waals surface area contributed by atoms with E-state index in [1.807, 2.05) is 24.3 Å². The molecule has 0 aliphatic heterocycles. The molecule has 1 unspecified atom stereocenters. The molecule has 1 atom stereocenters. The van der Waals surface area contributed by atoms with Gasteiger partial charge in [-0.2, -0.15) is 0 Å². The molecule has 33 heavy (non-hydrogen) atoms. The number of rotatable bonds is 9. The van der Waals surface area contributed by atoms with E-state index >= 15 is 0 Å². The Morgan fingerprint density at radius 2 is 1.97 bits per heavy atom. The van der Waals surface area contributed by atoms with Crippen molar-refractivity contribution in [2.75, 3.05) is 12.4 Å². The number of nitrogens with zero attached hydrogens (tertiary/aromatic N) is 3. The highest BCUT2D eigenvalue weighted by atomic mass is 32.2. The molecule has 0 radical (unpaired) electrons. The zero-order valence-corrected chi connectivity index (χ0v) is 20.0. The van der Waals surface area contributed by atoms with Crippen LogP contribution in [0.5, 0.6) is 5.75 Å². The number of hydrogen-bond donors (Lipinski definition) is 3. The molecule has 2 aliphatic rings. The zero-order valence-electron chi connectivity index (χ0n) is 19.2. The van der Waals surface area contributed by atoms with Crippen LogP contribution in [0, 0.1) is 0 Å². The van der Waals surface area contributed by atoms with Crippen molar-refractivity contribution in [3.8, 4) is 5.75 Å². The number of ether oxygens (including phenoxy) is 1. The molecule has 0 spiro atoms. The lowest BCUT2D eigenvalue weighted by Crippen LogP contribution is -2.43. The first kappa shape index (κ1) is 23.4. The average Bonchev–Trinajstić information content (AvgIpc) is 3.55. The van der Waals surface area contributed by atoms with Gasteiger partial charge in [-0.25, -0.2) is 4.79 Å². The Labute approximate surface area is 198 Å². The van der Waals surface area contributed by atoms with Crippen LogP contribution in [0.15, 0.2) is 29.4 Å². The number of methoxy groups -OCH3 is 1. The lowest BCUT2D eigenvalue weighted by molar-refractivity contribution is -0.119. The van der Waals surface area contributed by atoms with Crippen molar-refractivity contribution in [1.82, 2.24) is 25.4 Å². The number of carbonyl (C=O) groups excluding carboxylic acids is 2. The van der Waals surface area contributed by atoms with Crippen molar-refractivity contribution in [2.45, 2.75) is 80.9 Å². The van der Waals surface area contributed by atoms with E-state index < -0.39 is 11.3 Å². The molecular weight excluding hydrogens is 440 g/mol. The number of benzene rings is 1. The van der Waals surface area contributed by atoms with Gasteiger partial charge in [-0.3, -0.25) is 10.1 Å². The molecule has 2 fully saturated rings. The Kier molecular flexibility index (Phi) is 7.74. The minimum Gasteiger partial charge on any atom is -0.497 e. The highest BCUT2D eigenvalue weighted by molar-refractivity contribution is 8.00. The largest absolute Gasteiger partial charge is 0.497 e. The van der Waals surface area contributed by atoms with E-state index in [0.717, 1.165) is 48.1 Å². The number of anilines is 1. The van der Waals surface area contributed by atoms with Gasteiger partial charge in [0.05, 0.1) is 18.9 Å². The second kappa shape index (κ2) is 10.9. The summed E-state index contributed by atoms with van der Waals surface area (Å²) in [5.74, 6) is 1.30. The van der Waals surface area contributed by atoms with Crippen LogP contribution in [0.4, 0.5) is 10.5 Å². The topological polar surface area (TPSA) is 110 Å². The van der Waals surface area contributed by atoms with Crippen molar-refractivity contribution in [3.05, 3.63) is 30.1 Å². The lowest BCUT2D eigenvalue weighted by atomic mass is 9.95. The maximum absolute atomic E-state index is 12.6. The monoisotopic (exact) mass is 472 g/mol. The summed E-state index contributed by atoms with van der Waals surface area (Å²) in [6.45, 7) is 2.31. The first-order valence-corrected chi connectivity index (χ1v) is 12.5. The fourth-order valence-electron chi connectivity index (χ4n) is 4.00. The van der Waals surface area contributed by atoms with E-state index in [1.54, 1.807) is 14.0 Å². The number of imide groups is 1. The van der Waals surface area contributed by atoms with Crippen molar-refractivity contribution in [1.29, 1.82) is 0 Å². The molecular formula is C23H32N6O3S. The molecule has 3 N–H and O–H groups in total. The Morgan fingerprint density at radius 3 is 2.70 bits per heavy atom. The molecule has 0 saturated heterocycles. The van der Waals surface area contributed by atoms with Crippen molar-refractivity contribution in [2.24, 2.45) is 0 Å². The third kappa shape index (κ3) is 6.40. The number of thioether (sulfide) groups is 1. The molecule has 4 rings (SSSR count). The maximum Gasteiger partial charge on any atom is 0.321 e. The van der Waals surface area contributed by atoms with Crippen molar-refractivity contribution in [3.63, 3.8) is 0 Å². The van der Waals surface area contributed by atoms with Crippen LogP contribution in [-0.4, -0.2) is 45.1 Å². The smallest absolute Gasteiger partial charge is 0.321 e. The number of amides is 3. The molecule has 1 aromatic carbocycles. The molecule has 178 valence electrons. The van der Waals surface area contributed by atoms with Crippen molar-refractivity contribution >= 4 is 29.4 Å². The molecule has 2 aliphatic carbocycles. The van der Waals surface area contributed by atoms with E-state index in [2.05, 4.69) is 30.7 Å². The van der Waals surface area contributed by atoms with Gasteiger partial charge in [-0.05, 0) is 44.7 Å². The van der Waals surface area contributed by atoms with Crippen LogP contribution in [-0.2, 0) is 11.3 Å². The first-order chi connectivity index (χ1) is 16.0. The van der Waals surface area contributed by atoms with E-state index in [-0.39, 0.29) is 11.9 Å². The number of carbonyl (C=O) groups is 2. The van der Waals surface area contributed by atoms with Crippen LogP contribution in [0.2, 0.25) is 0 Å². The molecule has 9 nitrogen and oxygen atoms in total. The number of urea groups is 1. The molecule has 0 bridgehead atoms. The summed E-state index contributed by atoms with van der Waals surface area (Å²) in [4.78, 5) is 24.5. The summed E-state index contributed by atoms with van der Waals surface area (Å²) in [7, 11) is 1.65. The first-order valence-electron chi connectivity index (χ1n) is 11.6. The van der Waals surface area contributed by atoms with Gasteiger partial charge in [0.1, 0.15) is 5.75 Å². The lowest BCUT2D eigenvalue weighted by Gasteiger charge is -2.26. The normalized spacial score (nSPS) is 17.3. The van der Waals surface area contributed by atoms with Gasteiger partial charge in [0.25, 0.3) is 0 Å². The summed E-state index contributed by atoms with van der Waals surface area (Å²) in [5, 5.41) is 17.8. The molecule has 3 amide bonds. The summed E-state index contributed by atoms with van der Waals surface area (Å²) < 4.78 is 7.49. The SMILES string of the molecule is COc1cccc(NCc2nnc(SC(C)C(=O)NC(=O)NC3CC3)n2C2CCCCC2)c1. The minimum absolute atomic E-state index is 0.204. The van der Waals surface area contributed by atoms with Gasteiger partial charge in [0.15, 0.2) is 11.0 Å². The minimum atomic E-state index is -0.472. The van der Waals surface area contributed by atoms with Crippen LogP contribution >= 0.6 is 11.8 Å². The summed E-state index contributed by atoms with van der Waals surface area (Å²) in [6.07, 6.45) is 7.68. The number of aromatic nitrogens is 3. The van der Waals surface area contributed by atoms with Crippen LogP contribution in [0.25, 0.3) is 0 Å². The van der Waals surface area contributed by atoms with Crippen LogP contribution < -0.4 is 20.7 Å². The molecule has 1 aromatic heterocycles. The fourth-order valence-corrected chi connectivity index (χ4v) is 4.94. The van der Waals surface area contributed by atoms with E-state index in [9.17, 15) is 9.59 Å². The van der Waals surface area contributed by atoms with E-state index in [4.69, 9.17) is 4.74 Å². The summed E-state index contributed by atoms with van der Waals surface area (Å²) in [6, 6.07) is 7.86. The van der Waals surface area contributed by atoms with Crippen LogP contribution in [0.1, 0.15) is 63.7 Å². The maximum atomic E-state index is 12.6. The molecule has 2 aromatic rings. The van der Waals surface area contributed by atoms with Gasteiger partial charge >= 0.3 is 6.03 Å². The second-order valence-electron chi connectivity index (χ2n) is 8.64. The van der Waals surface area contributed by atoms with E-state index in [1.165, 1.54) is 31.0 Å². The molecule has 1 heterocycles. The summed E-state index contributed by atoms with van der Waals surface area (Å²) in [5.41, 5.74) is 0.941. The van der Waals surface area contributed by atoms with Gasteiger partial charge < -0.3 is 19.9 Å². The molecule has 2 saturated carbocycles.